The molecule has 1 atom stereocenters. The van der Waals surface area contributed by atoms with Crippen LogP contribution in [0.2, 0.25) is 0 Å². The number of hydrogen-bond donors (Lipinski definition) is 3. The van der Waals surface area contributed by atoms with E-state index in [1.165, 1.54) is 12.1 Å². The zero-order valence-electron chi connectivity index (χ0n) is 14.7. The number of amides is 3. The highest BCUT2D eigenvalue weighted by Crippen LogP contribution is 2.19. The lowest BCUT2D eigenvalue weighted by Gasteiger charge is -2.15. The fourth-order valence-corrected chi connectivity index (χ4v) is 2.16. The first-order chi connectivity index (χ1) is 12.5. The molecule has 0 aliphatic heterocycles. The standard InChI is InChI=1S/C19H22FN3O3/c1-3-21-19(25)23-18(24)13(2)22-16-5-4-6-17(11-16)26-12-14-7-9-15(20)10-8-14/h4-11,13,22H,3,12H2,1-2H3,(H2,21,23,24,25). The second-order valence-corrected chi connectivity index (χ2v) is 5.66. The lowest BCUT2D eigenvalue weighted by molar-refractivity contribution is -0.120. The van der Waals surface area contributed by atoms with Crippen LogP contribution in [0.15, 0.2) is 48.5 Å². The molecule has 0 bridgehead atoms. The minimum atomic E-state index is -0.607. The maximum absolute atomic E-state index is 12.9. The number of urea groups is 1. The Balaban J connectivity index is 1.90. The maximum atomic E-state index is 12.9. The number of rotatable bonds is 7. The zero-order chi connectivity index (χ0) is 18.9. The predicted octanol–water partition coefficient (Wildman–Crippen LogP) is 3.05. The van der Waals surface area contributed by atoms with Crippen LogP contribution in [0.25, 0.3) is 0 Å². The van der Waals surface area contributed by atoms with Crippen molar-refractivity contribution in [3.05, 3.63) is 59.9 Å². The zero-order valence-corrected chi connectivity index (χ0v) is 14.7. The molecule has 0 aliphatic carbocycles. The fraction of sp³-hybridized carbons (Fsp3) is 0.263. The van der Waals surface area contributed by atoms with Crippen molar-refractivity contribution in [3.63, 3.8) is 0 Å². The van der Waals surface area contributed by atoms with E-state index in [1.54, 1.807) is 50.2 Å². The number of nitrogens with one attached hydrogen (secondary N) is 3. The van der Waals surface area contributed by atoms with E-state index in [4.69, 9.17) is 4.74 Å². The van der Waals surface area contributed by atoms with Crippen LogP contribution in [0.4, 0.5) is 14.9 Å². The Labute approximate surface area is 151 Å². The quantitative estimate of drug-likeness (QED) is 0.710. The summed E-state index contributed by atoms with van der Waals surface area (Å²) in [5, 5.41) is 7.76. The molecule has 2 aromatic carbocycles. The molecule has 3 N–H and O–H groups in total. The summed E-state index contributed by atoms with van der Waals surface area (Å²) in [6.45, 7) is 4.16. The molecule has 138 valence electrons. The third-order valence-electron chi connectivity index (χ3n) is 3.50. The van der Waals surface area contributed by atoms with Crippen LogP contribution < -0.4 is 20.7 Å². The first-order valence-corrected chi connectivity index (χ1v) is 8.30. The van der Waals surface area contributed by atoms with Crippen LogP contribution in [0.3, 0.4) is 0 Å². The third-order valence-corrected chi connectivity index (χ3v) is 3.50. The highest BCUT2D eigenvalue weighted by atomic mass is 19.1. The lowest BCUT2D eigenvalue weighted by Crippen LogP contribution is -2.45. The van der Waals surface area contributed by atoms with Crippen LogP contribution in [0, 0.1) is 5.82 Å². The van der Waals surface area contributed by atoms with Gasteiger partial charge in [-0.2, -0.15) is 0 Å². The topological polar surface area (TPSA) is 79.5 Å². The summed E-state index contributed by atoms with van der Waals surface area (Å²) in [4.78, 5) is 23.4. The van der Waals surface area contributed by atoms with Crippen molar-refractivity contribution in [2.24, 2.45) is 0 Å². The molecule has 0 saturated heterocycles. The fourth-order valence-electron chi connectivity index (χ4n) is 2.16. The Kier molecular flexibility index (Phi) is 6.96. The Morgan fingerprint density at radius 3 is 2.58 bits per heavy atom. The molecule has 0 aliphatic rings. The van der Waals surface area contributed by atoms with E-state index in [0.717, 1.165) is 5.56 Å². The molecule has 2 aromatic rings. The second-order valence-electron chi connectivity index (χ2n) is 5.66. The molecule has 1 unspecified atom stereocenters. The highest BCUT2D eigenvalue weighted by Gasteiger charge is 2.15. The molecule has 3 amide bonds. The van der Waals surface area contributed by atoms with Gasteiger partial charge in [-0.1, -0.05) is 18.2 Å². The number of hydrogen-bond acceptors (Lipinski definition) is 4. The summed E-state index contributed by atoms with van der Waals surface area (Å²) in [6, 6.07) is 12.1. The number of ether oxygens (including phenoxy) is 1. The summed E-state index contributed by atoms with van der Waals surface area (Å²) < 4.78 is 18.6. The van der Waals surface area contributed by atoms with Gasteiger partial charge in [0.1, 0.15) is 24.2 Å². The van der Waals surface area contributed by atoms with Gasteiger partial charge in [0.2, 0.25) is 5.91 Å². The van der Waals surface area contributed by atoms with Gasteiger partial charge in [0.15, 0.2) is 0 Å². The van der Waals surface area contributed by atoms with Crippen molar-refractivity contribution in [2.45, 2.75) is 26.5 Å². The van der Waals surface area contributed by atoms with Crippen molar-refractivity contribution in [2.75, 3.05) is 11.9 Å². The molecule has 6 nitrogen and oxygen atoms in total. The number of anilines is 1. The van der Waals surface area contributed by atoms with Crippen LogP contribution in [-0.2, 0) is 11.4 Å². The number of benzene rings is 2. The number of carbonyl (C=O) groups excluding carboxylic acids is 2. The number of halogens is 1. The van der Waals surface area contributed by atoms with E-state index < -0.39 is 18.0 Å². The lowest BCUT2D eigenvalue weighted by atomic mass is 10.2. The van der Waals surface area contributed by atoms with Crippen molar-refractivity contribution >= 4 is 17.6 Å². The Hall–Kier alpha value is -3.09. The molecular weight excluding hydrogens is 337 g/mol. The number of carbonyl (C=O) groups is 2. The first-order valence-electron chi connectivity index (χ1n) is 8.30. The molecule has 0 fully saturated rings. The van der Waals surface area contributed by atoms with Crippen molar-refractivity contribution in [3.8, 4) is 5.75 Å². The van der Waals surface area contributed by atoms with Crippen molar-refractivity contribution < 1.29 is 18.7 Å². The molecule has 0 radical (unpaired) electrons. The average molecular weight is 359 g/mol. The minimum Gasteiger partial charge on any atom is -0.489 e. The van der Waals surface area contributed by atoms with Gasteiger partial charge in [-0.3, -0.25) is 10.1 Å². The molecule has 0 heterocycles. The van der Waals surface area contributed by atoms with Gasteiger partial charge in [-0.25, -0.2) is 9.18 Å². The second kappa shape index (κ2) is 9.41. The molecule has 7 heteroatoms. The Bertz CT molecular complexity index is 750. The summed E-state index contributed by atoms with van der Waals surface area (Å²) in [6.07, 6.45) is 0. The third kappa shape index (κ3) is 6.08. The van der Waals surface area contributed by atoms with E-state index in [0.29, 0.717) is 24.6 Å². The first kappa shape index (κ1) is 19.2. The minimum absolute atomic E-state index is 0.292. The van der Waals surface area contributed by atoms with E-state index in [2.05, 4.69) is 16.0 Å². The molecule has 0 spiro atoms. The van der Waals surface area contributed by atoms with Gasteiger partial charge >= 0.3 is 6.03 Å². The average Bonchev–Trinajstić information content (AvgIpc) is 2.61. The normalized spacial score (nSPS) is 11.3. The van der Waals surface area contributed by atoms with E-state index in [-0.39, 0.29) is 5.82 Å². The van der Waals surface area contributed by atoms with Gasteiger partial charge in [-0.15, -0.1) is 0 Å². The van der Waals surface area contributed by atoms with Gasteiger partial charge in [0.25, 0.3) is 0 Å². The predicted molar refractivity (Wildman–Crippen MR) is 97.5 cm³/mol. The number of imide groups is 1. The molecule has 2 rings (SSSR count). The summed E-state index contributed by atoms with van der Waals surface area (Å²) in [5.41, 5.74) is 1.53. The van der Waals surface area contributed by atoms with E-state index >= 15 is 0 Å². The monoisotopic (exact) mass is 359 g/mol. The van der Waals surface area contributed by atoms with Gasteiger partial charge in [0, 0.05) is 18.3 Å². The van der Waals surface area contributed by atoms with Gasteiger partial charge in [0.05, 0.1) is 0 Å². The van der Waals surface area contributed by atoms with Crippen molar-refractivity contribution in [1.82, 2.24) is 10.6 Å². The van der Waals surface area contributed by atoms with Crippen LogP contribution in [0.1, 0.15) is 19.4 Å². The van der Waals surface area contributed by atoms with E-state index in [9.17, 15) is 14.0 Å². The van der Waals surface area contributed by atoms with Crippen LogP contribution >= 0.6 is 0 Å². The maximum Gasteiger partial charge on any atom is 0.321 e. The molecule has 26 heavy (non-hydrogen) atoms. The largest absolute Gasteiger partial charge is 0.489 e. The summed E-state index contributed by atoms with van der Waals surface area (Å²) in [7, 11) is 0. The van der Waals surface area contributed by atoms with Crippen LogP contribution in [0.5, 0.6) is 5.75 Å². The molecule has 0 saturated carbocycles. The summed E-state index contributed by atoms with van der Waals surface area (Å²) in [5.74, 6) is -0.121. The Morgan fingerprint density at radius 2 is 1.88 bits per heavy atom. The summed E-state index contributed by atoms with van der Waals surface area (Å²) >= 11 is 0. The van der Waals surface area contributed by atoms with Crippen molar-refractivity contribution in [1.29, 1.82) is 0 Å². The van der Waals surface area contributed by atoms with Crippen LogP contribution in [-0.4, -0.2) is 24.5 Å². The highest BCUT2D eigenvalue weighted by molar-refractivity contribution is 5.97. The van der Waals surface area contributed by atoms with Gasteiger partial charge < -0.3 is 15.4 Å². The molecule has 0 aromatic heterocycles. The Morgan fingerprint density at radius 1 is 1.15 bits per heavy atom. The molecular formula is C19H22FN3O3. The van der Waals surface area contributed by atoms with E-state index in [1.807, 2.05) is 0 Å². The SMILES string of the molecule is CCNC(=O)NC(=O)C(C)Nc1cccc(OCc2ccc(F)cc2)c1. The van der Waals surface area contributed by atoms with Gasteiger partial charge in [-0.05, 0) is 43.7 Å². The smallest absolute Gasteiger partial charge is 0.321 e.